The van der Waals surface area contributed by atoms with Crippen molar-refractivity contribution in [1.29, 1.82) is 0 Å². The van der Waals surface area contributed by atoms with Gasteiger partial charge in [-0.1, -0.05) is 62.1 Å². The van der Waals surface area contributed by atoms with E-state index >= 15 is 0 Å². The largest absolute Gasteiger partial charge is 0.144 e. The third-order valence-electron chi connectivity index (χ3n) is 3.03. The lowest BCUT2D eigenvalue weighted by Gasteiger charge is -2.34. The number of hydrogen-bond acceptors (Lipinski definition) is 4. The van der Waals surface area contributed by atoms with Crippen LogP contribution in [-0.2, 0) is 0 Å². The summed E-state index contributed by atoms with van der Waals surface area (Å²) < 4.78 is 0.772. The Hall–Kier alpha value is 1.40. The summed E-state index contributed by atoms with van der Waals surface area (Å²) in [7, 11) is 4.29. The molecule has 0 N–H and O–H groups in total. The van der Waals surface area contributed by atoms with Crippen molar-refractivity contribution in [3.8, 4) is 0 Å². The summed E-state index contributed by atoms with van der Waals surface area (Å²) >= 11 is 4.33. The van der Waals surface area contributed by atoms with E-state index in [1.807, 2.05) is 0 Å². The van der Waals surface area contributed by atoms with Gasteiger partial charge < -0.3 is 0 Å². The van der Waals surface area contributed by atoms with Gasteiger partial charge in [-0.25, -0.2) is 0 Å². The Morgan fingerprint density at radius 1 is 0.600 bits per heavy atom. The highest BCUT2D eigenvalue weighted by Crippen LogP contribution is 2.55. The summed E-state index contributed by atoms with van der Waals surface area (Å²) in [4.78, 5) is 0. The van der Waals surface area contributed by atoms with Gasteiger partial charge in [-0.3, -0.25) is 0 Å². The van der Waals surface area contributed by atoms with Crippen LogP contribution >= 0.6 is 45.1 Å². The van der Waals surface area contributed by atoms with Gasteiger partial charge in [0, 0.05) is 0 Å². The Morgan fingerprint density at radius 2 is 0.950 bits per heavy atom. The molecule has 0 nitrogen and oxygen atoms in total. The molecule has 0 aliphatic carbocycles. The van der Waals surface area contributed by atoms with Crippen molar-refractivity contribution >= 4 is 45.1 Å². The molecule has 0 spiro atoms. The summed E-state index contributed by atoms with van der Waals surface area (Å²) in [5, 5.41) is 0. The fourth-order valence-electron chi connectivity index (χ4n) is 2.00. The van der Waals surface area contributed by atoms with Crippen molar-refractivity contribution in [1.82, 2.24) is 0 Å². The van der Waals surface area contributed by atoms with Gasteiger partial charge >= 0.3 is 0 Å². The van der Waals surface area contributed by atoms with E-state index in [1.54, 1.807) is 0 Å². The quantitative estimate of drug-likeness (QED) is 0.245. The van der Waals surface area contributed by atoms with Crippen molar-refractivity contribution in [2.75, 3.05) is 11.5 Å². The van der Waals surface area contributed by atoms with Gasteiger partial charge in [0.1, 0.15) is 0 Å². The Morgan fingerprint density at radius 3 is 1.20 bits per heavy atom. The van der Waals surface area contributed by atoms with Crippen LogP contribution in [0.2, 0.25) is 0 Å². The van der Waals surface area contributed by atoms with Gasteiger partial charge in [-0.15, -0.1) is 23.5 Å². The SMILES string of the molecule is CCCSC(C)(CCC)SSC(C)(CCC)SCCC. The lowest BCUT2D eigenvalue weighted by molar-refractivity contribution is 0.743. The molecule has 0 heterocycles. The zero-order chi connectivity index (χ0) is 15.5. The molecular weight excluding hydrogens is 320 g/mol. The Labute approximate surface area is 144 Å². The van der Waals surface area contributed by atoms with Crippen LogP contribution in [0.3, 0.4) is 0 Å². The van der Waals surface area contributed by atoms with Gasteiger partial charge in [-0.2, -0.15) is 0 Å². The Bertz CT molecular complexity index is 211. The third-order valence-corrected chi connectivity index (χ3v) is 11.4. The maximum Gasteiger partial charge on any atom is 0.0686 e. The molecule has 0 fully saturated rings. The fraction of sp³-hybridized carbons (Fsp3) is 1.00. The molecule has 0 aromatic carbocycles. The van der Waals surface area contributed by atoms with E-state index in [0.717, 1.165) is 0 Å². The van der Waals surface area contributed by atoms with Crippen molar-refractivity contribution in [3.63, 3.8) is 0 Å². The van der Waals surface area contributed by atoms with Gasteiger partial charge in [0.15, 0.2) is 0 Å². The monoisotopic (exact) mass is 354 g/mol. The molecule has 0 aliphatic heterocycles. The summed E-state index contributed by atoms with van der Waals surface area (Å²) in [6, 6.07) is 0. The van der Waals surface area contributed by atoms with Crippen LogP contribution in [0.15, 0.2) is 0 Å². The summed E-state index contributed by atoms with van der Waals surface area (Å²) in [6.45, 7) is 14.1. The van der Waals surface area contributed by atoms with Gasteiger partial charge in [-0.05, 0) is 51.0 Å². The molecular formula is C16H34S4. The standard InChI is InChI=1S/C16H34S4/c1-7-11-15(5,17-13-9-3)19-20-16(6,12-8-2)18-14-10-4/h7-14H2,1-6H3. The van der Waals surface area contributed by atoms with Crippen LogP contribution in [0.1, 0.15) is 80.1 Å². The first-order chi connectivity index (χ1) is 9.45. The van der Waals surface area contributed by atoms with E-state index in [-0.39, 0.29) is 0 Å². The van der Waals surface area contributed by atoms with Crippen LogP contribution in [0.4, 0.5) is 0 Å². The second-order valence-electron chi connectivity index (χ2n) is 5.63. The lowest BCUT2D eigenvalue weighted by atomic mass is 10.3. The highest BCUT2D eigenvalue weighted by Gasteiger charge is 2.31. The smallest absolute Gasteiger partial charge is 0.0686 e. The number of hydrogen-bond donors (Lipinski definition) is 0. The molecule has 0 aromatic heterocycles. The molecule has 4 heteroatoms. The van der Waals surface area contributed by atoms with Crippen LogP contribution in [0.25, 0.3) is 0 Å². The van der Waals surface area contributed by atoms with Crippen LogP contribution in [0.5, 0.6) is 0 Å². The van der Waals surface area contributed by atoms with Gasteiger partial charge in [0.25, 0.3) is 0 Å². The van der Waals surface area contributed by atoms with Crippen molar-refractivity contribution in [2.24, 2.45) is 0 Å². The van der Waals surface area contributed by atoms with E-state index in [0.29, 0.717) is 8.16 Å². The topological polar surface area (TPSA) is 0 Å². The normalized spacial score (nSPS) is 17.7. The van der Waals surface area contributed by atoms with E-state index < -0.39 is 0 Å². The summed E-state index contributed by atoms with van der Waals surface area (Å²) in [5.74, 6) is 2.58. The Kier molecular flexibility index (Phi) is 12.7. The second-order valence-corrected chi connectivity index (χ2v) is 12.5. The highest BCUT2D eigenvalue weighted by molar-refractivity contribution is 8.80. The Balaban J connectivity index is 4.51. The first-order valence-electron chi connectivity index (χ1n) is 8.10. The zero-order valence-corrected chi connectivity index (χ0v) is 17.6. The minimum atomic E-state index is 0.386. The zero-order valence-electron chi connectivity index (χ0n) is 14.3. The molecule has 0 bridgehead atoms. The maximum absolute atomic E-state index is 2.45. The predicted octanol–water partition coefficient (Wildman–Crippen LogP) is 7.69. The molecule has 0 amide bonds. The number of rotatable bonds is 13. The third kappa shape index (κ3) is 9.42. The molecule has 0 saturated carbocycles. The molecule has 2 unspecified atom stereocenters. The van der Waals surface area contributed by atoms with Crippen molar-refractivity contribution < 1.29 is 0 Å². The number of thioether (sulfide) groups is 2. The van der Waals surface area contributed by atoms with E-state index in [1.165, 1.54) is 50.0 Å². The highest BCUT2D eigenvalue weighted by atomic mass is 33.1. The van der Waals surface area contributed by atoms with Gasteiger partial charge in [0.05, 0.1) is 8.16 Å². The van der Waals surface area contributed by atoms with E-state index in [4.69, 9.17) is 0 Å². The minimum Gasteiger partial charge on any atom is -0.144 e. The second kappa shape index (κ2) is 11.9. The van der Waals surface area contributed by atoms with Crippen molar-refractivity contribution in [3.05, 3.63) is 0 Å². The molecule has 0 rings (SSSR count). The van der Waals surface area contributed by atoms with Crippen molar-refractivity contribution in [2.45, 2.75) is 88.2 Å². The molecule has 0 radical (unpaired) electrons. The van der Waals surface area contributed by atoms with E-state index in [2.05, 4.69) is 86.7 Å². The predicted molar refractivity (Wildman–Crippen MR) is 107 cm³/mol. The first kappa shape index (κ1) is 21.4. The molecule has 2 atom stereocenters. The molecule has 0 saturated heterocycles. The summed E-state index contributed by atoms with van der Waals surface area (Å²) in [5.41, 5.74) is 0. The van der Waals surface area contributed by atoms with Crippen LogP contribution in [-0.4, -0.2) is 19.7 Å². The molecule has 0 aromatic rings. The van der Waals surface area contributed by atoms with Gasteiger partial charge in [0.2, 0.25) is 0 Å². The van der Waals surface area contributed by atoms with Crippen LogP contribution < -0.4 is 0 Å². The fourth-order valence-corrected chi connectivity index (χ4v) is 8.81. The molecule has 0 aliphatic rings. The lowest BCUT2D eigenvalue weighted by Crippen LogP contribution is -2.19. The molecule has 20 heavy (non-hydrogen) atoms. The first-order valence-corrected chi connectivity index (χ1v) is 12.2. The summed E-state index contributed by atoms with van der Waals surface area (Å²) in [6.07, 6.45) is 7.77. The maximum atomic E-state index is 2.45. The van der Waals surface area contributed by atoms with Crippen LogP contribution in [0, 0.1) is 0 Å². The van der Waals surface area contributed by atoms with E-state index in [9.17, 15) is 0 Å². The average molecular weight is 355 g/mol. The minimum absolute atomic E-state index is 0.386. The molecule has 122 valence electrons. The average Bonchev–Trinajstić information content (AvgIpc) is 2.42.